The third-order valence-electron chi connectivity index (χ3n) is 4.22. The van der Waals surface area contributed by atoms with Crippen molar-refractivity contribution in [1.82, 2.24) is 14.8 Å². The lowest BCUT2D eigenvalue weighted by Gasteiger charge is -2.32. The van der Waals surface area contributed by atoms with Gasteiger partial charge in [0, 0.05) is 15.1 Å². The summed E-state index contributed by atoms with van der Waals surface area (Å²) in [5.41, 5.74) is 1.67. The fourth-order valence-corrected chi connectivity index (χ4v) is 3.57. The first kappa shape index (κ1) is 15.6. The first-order chi connectivity index (χ1) is 11.6. The molecule has 24 heavy (non-hydrogen) atoms. The second-order valence-corrected chi connectivity index (χ2v) is 7.05. The number of hydrogen-bond donors (Lipinski definition) is 1. The summed E-state index contributed by atoms with van der Waals surface area (Å²) in [4.78, 5) is 4.26. The van der Waals surface area contributed by atoms with Crippen LogP contribution in [0.15, 0.2) is 53.3 Å². The lowest BCUT2D eigenvalue weighted by molar-refractivity contribution is 0.415. The summed E-state index contributed by atoms with van der Waals surface area (Å²) in [5, 5.41) is 8.31. The van der Waals surface area contributed by atoms with Crippen molar-refractivity contribution in [3.63, 3.8) is 0 Å². The molecule has 0 fully saturated rings. The number of halogens is 3. The lowest BCUT2D eigenvalue weighted by Crippen LogP contribution is -2.28. The van der Waals surface area contributed by atoms with E-state index in [9.17, 15) is 4.39 Å². The van der Waals surface area contributed by atoms with Gasteiger partial charge in [0.2, 0.25) is 5.95 Å². The zero-order chi connectivity index (χ0) is 16.7. The Hall–Kier alpha value is -1.92. The number of nitrogens with one attached hydrogen (secondary N) is 1. The van der Waals surface area contributed by atoms with Gasteiger partial charge in [0.1, 0.15) is 12.1 Å². The third kappa shape index (κ3) is 2.80. The van der Waals surface area contributed by atoms with Crippen molar-refractivity contribution in [3.8, 4) is 0 Å². The molecule has 2 heterocycles. The van der Waals surface area contributed by atoms with E-state index in [1.54, 1.807) is 16.8 Å². The molecule has 1 N–H and O–H groups in total. The van der Waals surface area contributed by atoms with E-state index in [1.165, 1.54) is 12.4 Å². The van der Waals surface area contributed by atoms with Gasteiger partial charge in [-0.3, -0.25) is 0 Å². The fraction of sp³-hybridized carbons (Fsp3) is 0.176. The van der Waals surface area contributed by atoms with Crippen LogP contribution in [0.3, 0.4) is 0 Å². The van der Waals surface area contributed by atoms with Crippen LogP contribution in [0.25, 0.3) is 0 Å². The minimum atomic E-state index is -0.249. The number of anilines is 1. The van der Waals surface area contributed by atoms with Gasteiger partial charge < -0.3 is 5.32 Å². The number of aromatic nitrogens is 3. The van der Waals surface area contributed by atoms with Crippen LogP contribution in [-0.2, 0) is 0 Å². The Morgan fingerprint density at radius 1 is 1.21 bits per heavy atom. The number of rotatable bonds is 2. The molecular weight excluding hydrogens is 395 g/mol. The molecule has 122 valence electrons. The highest BCUT2D eigenvalue weighted by atomic mass is 79.9. The second kappa shape index (κ2) is 6.18. The minimum absolute atomic E-state index is 0.00217. The summed E-state index contributed by atoms with van der Waals surface area (Å²) in [6, 6.07) is 12.4. The highest BCUT2D eigenvalue weighted by Gasteiger charge is 2.31. The smallest absolute Gasteiger partial charge is 0.222 e. The van der Waals surface area contributed by atoms with Crippen molar-refractivity contribution in [2.75, 3.05) is 5.32 Å². The molecule has 0 amide bonds. The number of benzene rings is 2. The largest absolute Gasteiger partial charge is 0.348 e. The van der Waals surface area contributed by atoms with E-state index in [0.717, 1.165) is 10.0 Å². The summed E-state index contributed by atoms with van der Waals surface area (Å²) in [7, 11) is 0. The summed E-state index contributed by atoms with van der Waals surface area (Å²) >= 11 is 9.39. The molecule has 4 nitrogen and oxygen atoms in total. The van der Waals surface area contributed by atoms with Crippen molar-refractivity contribution in [1.29, 1.82) is 0 Å². The Morgan fingerprint density at radius 3 is 2.79 bits per heavy atom. The van der Waals surface area contributed by atoms with E-state index in [4.69, 9.17) is 11.6 Å². The topological polar surface area (TPSA) is 42.7 Å². The molecule has 2 atom stereocenters. The van der Waals surface area contributed by atoms with Crippen LogP contribution in [0.4, 0.5) is 10.3 Å². The Labute approximate surface area is 151 Å². The van der Waals surface area contributed by atoms with E-state index >= 15 is 0 Å². The van der Waals surface area contributed by atoms with Crippen LogP contribution in [0.5, 0.6) is 0 Å². The van der Waals surface area contributed by atoms with Crippen LogP contribution in [-0.4, -0.2) is 14.8 Å². The molecule has 0 bridgehead atoms. The van der Waals surface area contributed by atoms with Crippen molar-refractivity contribution in [3.05, 3.63) is 75.2 Å². The normalized spacial score (nSPS) is 19.6. The van der Waals surface area contributed by atoms with Crippen molar-refractivity contribution < 1.29 is 4.39 Å². The van der Waals surface area contributed by atoms with Crippen molar-refractivity contribution >= 4 is 33.5 Å². The Bertz CT molecular complexity index is 881. The zero-order valence-electron chi connectivity index (χ0n) is 12.5. The van der Waals surface area contributed by atoms with Gasteiger partial charge in [-0.25, -0.2) is 9.07 Å². The van der Waals surface area contributed by atoms with Gasteiger partial charge >= 0.3 is 0 Å². The van der Waals surface area contributed by atoms with Gasteiger partial charge in [-0.15, -0.1) is 0 Å². The molecule has 0 saturated heterocycles. The molecule has 2 aromatic carbocycles. The van der Waals surface area contributed by atoms with Crippen molar-refractivity contribution in [2.45, 2.75) is 18.5 Å². The number of fused-ring (bicyclic) bond motifs is 1. The molecular formula is C17H13BrClFN4. The molecule has 0 radical (unpaired) electrons. The molecule has 7 heteroatoms. The first-order valence-electron chi connectivity index (χ1n) is 7.48. The lowest BCUT2D eigenvalue weighted by atomic mass is 9.93. The molecule has 0 saturated carbocycles. The van der Waals surface area contributed by atoms with E-state index in [-0.39, 0.29) is 17.9 Å². The molecule has 0 unspecified atom stereocenters. The van der Waals surface area contributed by atoms with E-state index < -0.39 is 0 Å². The monoisotopic (exact) mass is 406 g/mol. The molecule has 1 aliphatic heterocycles. The molecule has 0 aliphatic carbocycles. The Balaban J connectivity index is 1.76. The highest BCUT2D eigenvalue weighted by molar-refractivity contribution is 9.10. The van der Waals surface area contributed by atoms with Gasteiger partial charge in [0.15, 0.2) is 0 Å². The summed E-state index contributed by atoms with van der Waals surface area (Å²) in [5.74, 6) is 0.381. The summed E-state index contributed by atoms with van der Waals surface area (Å²) < 4.78 is 17.0. The number of nitrogens with zero attached hydrogens (tertiary/aromatic N) is 3. The Morgan fingerprint density at radius 2 is 2.00 bits per heavy atom. The van der Waals surface area contributed by atoms with Gasteiger partial charge in [-0.2, -0.15) is 10.1 Å². The summed E-state index contributed by atoms with van der Waals surface area (Å²) in [6.07, 6.45) is 2.14. The van der Waals surface area contributed by atoms with Crippen LogP contribution < -0.4 is 5.32 Å². The van der Waals surface area contributed by atoms with Gasteiger partial charge in [0.25, 0.3) is 0 Å². The average Bonchev–Trinajstić information content (AvgIpc) is 3.05. The summed E-state index contributed by atoms with van der Waals surface area (Å²) in [6.45, 7) is 0. The van der Waals surface area contributed by atoms with Crippen molar-refractivity contribution in [2.24, 2.45) is 0 Å². The number of hydrogen-bond acceptors (Lipinski definition) is 3. The van der Waals surface area contributed by atoms with E-state index in [0.29, 0.717) is 23.0 Å². The van der Waals surface area contributed by atoms with Crippen LogP contribution in [0.1, 0.15) is 29.6 Å². The third-order valence-corrected chi connectivity index (χ3v) is 4.97. The van der Waals surface area contributed by atoms with Gasteiger partial charge in [-0.05, 0) is 42.3 Å². The zero-order valence-corrected chi connectivity index (χ0v) is 14.8. The van der Waals surface area contributed by atoms with E-state index in [2.05, 4.69) is 31.3 Å². The average molecular weight is 408 g/mol. The molecule has 0 spiro atoms. The van der Waals surface area contributed by atoms with Gasteiger partial charge in [0.05, 0.1) is 12.1 Å². The van der Waals surface area contributed by atoms with Gasteiger partial charge in [-0.1, -0.05) is 39.7 Å². The quantitative estimate of drug-likeness (QED) is 0.651. The maximum Gasteiger partial charge on any atom is 0.222 e. The second-order valence-electron chi connectivity index (χ2n) is 5.69. The maximum absolute atomic E-state index is 14.4. The Kier molecular flexibility index (Phi) is 4.02. The predicted molar refractivity (Wildman–Crippen MR) is 94.7 cm³/mol. The minimum Gasteiger partial charge on any atom is -0.348 e. The van der Waals surface area contributed by atoms with Crippen LogP contribution in [0.2, 0.25) is 5.02 Å². The molecule has 1 aromatic heterocycles. The fourth-order valence-electron chi connectivity index (χ4n) is 3.06. The highest BCUT2D eigenvalue weighted by Crippen LogP contribution is 2.38. The standard InChI is InChI=1S/C17H13BrClFN4/c18-11-3-6-14(20)13(7-11)16-8-15(10-1-4-12(19)5-2-10)23-17-21-9-22-24(16)17/h1-7,9,15-16H,8H2,(H,21,22,23)/t15-,16-/m0/s1. The SMILES string of the molecule is Fc1ccc(Br)cc1[C@@H]1C[C@@H](c2ccc(Cl)cc2)Nc2ncnn21. The maximum atomic E-state index is 14.4. The van der Waals surface area contributed by atoms with Crippen LogP contribution >= 0.6 is 27.5 Å². The van der Waals surface area contributed by atoms with Crippen LogP contribution in [0, 0.1) is 5.82 Å². The first-order valence-corrected chi connectivity index (χ1v) is 8.65. The predicted octanol–water partition coefficient (Wildman–Crippen LogP) is 4.98. The molecule has 1 aliphatic rings. The molecule has 4 rings (SSSR count). The van der Waals surface area contributed by atoms with E-state index in [1.807, 2.05) is 24.3 Å². The molecule has 3 aromatic rings.